The smallest absolute Gasteiger partial charge is 0.278 e. The first-order valence-corrected chi connectivity index (χ1v) is 9.42. The van der Waals surface area contributed by atoms with Gasteiger partial charge in [0.05, 0.1) is 29.0 Å². The van der Waals surface area contributed by atoms with Crippen LogP contribution in [0.25, 0.3) is 11.8 Å². The van der Waals surface area contributed by atoms with E-state index >= 15 is 0 Å². The van der Waals surface area contributed by atoms with Crippen LogP contribution in [-0.4, -0.2) is 24.9 Å². The first kappa shape index (κ1) is 17.6. The molecule has 27 heavy (non-hydrogen) atoms. The number of H-pyrrole nitrogens is 1. The molecule has 1 aliphatic rings. The number of thiocarbonyl (C=S) groups is 1. The zero-order valence-electron chi connectivity index (χ0n) is 14.3. The van der Waals surface area contributed by atoms with Gasteiger partial charge in [-0.3, -0.25) is 19.6 Å². The topological polar surface area (TPSA) is 71.2 Å². The quantitative estimate of drug-likeness (QED) is 0.539. The normalized spacial score (nSPS) is 15.9. The van der Waals surface area contributed by atoms with E-state index in [0.29, 0.717) is 26.2 Å². The van der Waals surface area contributed by atoms with Gasteiger partial charge in [0.2, 0.25) is 0 Å². The van der Waals surface area contributed by atoms with Crippen LogP contribution in [0, 0.1) is 6.92 Å². The van der Waals surface area contributed by atoms with Gasteiger partial charge in [-0.1, -0.05) is 42.2 Å². The molecular formula is C19H15N3O3S2. The Morgan fingerprint density at radius 3 is 2.67 bits per heavy atom. The van der Waals surface area contributed by atoms with Crippen molar-refractivity contribution in [3.63, 3.8) is 0 Å². The summed E-state index contributed by atoms with van der Waals surface area (Å²) in [5.74, 6) is 0.421. The molecular weight excluding hydrogens is 382 g/mol. The van der Waals surface area contributed by atoms with Crippen LogP contribution in [0.15, 0.2) is 62.8 Å². The summed E-state index contributed by atoms with van der Waals surface area (Å²) in [6, 6.07) is 12.8. The van der Waals surface area contributed by atoms with Gasteiger partial charge < -0.3 is 4.42 Å². The van der Waals surface area contributed by atoms with Gasteiger partial charge in [-0.2, -0.15) is 0 Å². The van der Waals surface area contributed by atoms with Crippen molar-refractivity contribution in [2.24, 2.45) is 0 Å². The Morgan fingerprint density at radius 1 is 1.19 bits per heavy atom. The SMILES string of the molecule is Cc1[nH]n(-c2ccccc2)c(=O)c1/C=C1\SC(=S)N(Cc2ccco2)C1=O. The summed E-state index contributed by atoms with van der Waals surface area (Å²) < 4.78 is 7.20. The van der Waals surface area contributed by atoms with Gasteiger partial charge >= 0.3 is 0 Å². The van der Waals surface area contributed by atoms with Crippen molar-refractivity contribution < 1.29 is 9.21 Å². The fourth-order valence-corrected chi connectivity index (χ4v) is 4.05. The van der Waals surface area contributed by atoms with Gasteiger partial charge in [0.1, 0.15) is 10.1 Å². The first-order chi connectivity index (χ1) is 13.0. The second-order valence-electron chi connectivity index (χ2n) is 5.97. The molecule has 0 atom stereocenters. The maximum Gasteiger partial charge on any atom is 0.278 e. The minimum atomic E-state index is -0.229. The van der Waals surface area contributed by atoms with Gasteiger partial charge in [0.25, 0.3) is 11.5 Å². The summed E-state index contributed by atoms with van der Waals surface area (Å²) in [6.45, 7) is 2.08. The van der Waals surface area contributed by atoms with Crippen LogP contribution >= 0.6 is 24.0 Å². The zero-order chi connectivity index (χ0) is 19.0. The Labute approximate surface area is 164 Å². The molecule has 3 heterocycles. The number of benzene rings is 1. The lowest BCUT2D eigenvalue weighted by atomic mass is 10.2. The van der Waals surface area contributed by atoms with Crippen LogP contribution in [0.3, 0.4) is 0 Å². The standard InChI is InChI=1S/C19H15N3O3S2/c1-12-15(17(23)22(20-12)13-6-3-2-4-7-13)10-16-18(24)21(19(26)27-16)11-14-8-5-9-25-14/h2-10,20H,11H2,1H3/b16-10-. The molecule has 1 fully saturated rings. The second kappa shape index (κ2) is 7.05. The predicted molar refractivity (Wildman–Crippen MR) is 109 cm³/mol. The van der Waals surface area contributed by atoms with Crippen LogP contribution in [-0.2, 0) is 11.3 Å². The molecule has 0 radical (unpaired) electrons. The third-order valence-electron chi connectivity index (χ3n) is 4.17. The minimum Gasteiger partial charge on any atom is -0.467 e. The number of hydrogen-bond donors (Lipinski definition) is 1. The van der Waals surface area contributed by atoms with E-state index in [1.807, 2.05) is 30.3 Å². The molecule has 0 bridgehead atoms. The fraction of sp³-hybridized carbons (Fsp3) is 0.105. The molecule has 1 saturated heterocycles. The molecule has 0 saturated carbocycles. The Bertz CT molecular complexity index is 1100. The number of carbonyl (C=O) groups excluding carboxylic acids is 1. The predicted octanol–water partition coefficient (Wildman–Crippen LogP) is 3.47. The van der Waals surface area contributed by atoms with Gasteiger partial charge in [-0.25, -0.2) is 4.68 Å². The number of furan rings is 1. The molecule has 0 spiro atoms. The number of carbonyl (C=O) groups is 1. The van der Waals surface area contributed by atoms with Crippen molar-refractivity contribution in [2.75, 3.05) is 0 Å². The molecule has 0 unspecified atom stereocenters. The van der Waals surface area contributed by atoms with Gasteiger partial charge in [0.15, 0.2) is 0 Å². The van der Waals surface area contributed by atoms with E-state index in [-0.39, 0.29) is 18.0 Å². The Morgan fingerprint density at radius 2 is 1.96 bits per heavy atom. The largest absolute Gasteiger partial charge is 0.467 e. The number of rotatable bonds is 4. The molecule has 2 aromatic heterocycles. The molecule has 1 aromatic carbocycles. The Balaban J connectivity index is 1.66. The number of nitrogens with zero attached hydrogens (tertiary/aromatic N) is 2. The monoisotopic (exact) mass is 397 g/mol. The van der Waals surface area contributed by atoms with Crippen LogP contribution < -0.4 is 5.56 Å². The average Bonchev–Trinajstić information content (AvgIpc) is 3.35. The zero-order valence-corrected chi connectivity index (χ0v) is 16.0. The van der Waals surface area contributed by atoms with E-state index in [2.05, 4.69) is 5.10 Å². The second-order valence-corrected chi connectivity index (χ2v) is 7.65. The lowest BCUT2D eigenvalue weighted by Crippen LogP contribution is -2.27. The molecule has 1 amide bonds. The molecule has 136 valence electrons. The van der Waals surface area contributed by atoms with E-state index in [0.717, 1.165) is 5.69 Å². The number of aryl methyl sites for hydroxylation is 1. The first-order valence-electron chi connectivity index (χ1n) is 8.19. The van der Waals surface area contributed by atoms with Gasteiger partial charge in [-0.15, -0.1) is 0 Å². The van der Waals surface area contributed by atoms with Crippen molar-refractivity contribution in [2.45, 2.75) is 13.5 Å². The highest BCUT2D eigenvalue weighted by atomic mass is 32.2. The molecule has 1 N–H and O–H groups in total. The molecule has 0 aliphatic carbocycles. The molecule has 4 rings (SSSR count). The van der Waals surface area contributed by atoms with Crippen molar-refractivity contribution in [3.8, 4) is 5.69 Å². The van der Waals surface area contributed by atoms with Crippen molar-refractivity contribution >= 4 is 40.3 Å². The Hall–Kier alpha value is -2.84. The lowest BCUT2D eigenvalue weighted by Gasteiger charge is -2.11. The number of thioether (sulfide) groups is 1. The van der Waals surface area contributed by atoms with Gasteiger partial charge in [-0.05, 0) is 37.3 Å². The third-order valence-corrected chi connectivity index (χ3v) is 5.55. The number of amides is 1. The summed E-state index contributed by atoms with van der Waals surface area (Å²) in [6.07, 6.45) is 3.16. The Kier molecular flexibility index (Phi) is 4.59. The van der Waals surface area contributed by atoms with E-state index in [1.54, 1.807) is 31.4 Å². The lowest BCUT2D eigenvalue weighted by molar-refractivity contribution is -0.122. The number of aromatic nitrogens is 2. The van der Waals surface area contributed by atoms with E-state index in [9.17, 15) is 9.59 Å². The maximum atomic E-state index is 12.8. The highest BCUT2D eigenvalue weighted by molar-refractivity contribution is 8.26. The summed E-state index contributed by atoms with van der Waals surface area (Å²) in [5, 5.41) is 3.05. The molecule has 8 heteroatoms. The number of hydrogen-bond acceptors (Lipinski definition) is 5. The number of aromatic amines is 1. The minimum absolute atomic E-state index is 0.213. The highest BCUT2D eigenvalue weighted by Gasteiger charge is 2.33. The maximum absolute atomic E-state index is 12.8. The number of nitrogens with one attached hydrogen (secondary N) is 1. The van der Waals surface area contributed by atoms with Crippen molar-refractivity contribution in [3.05, 3.63) is 81.0 Å². The summed E-state index contributed by atoms with van der Waals surface area (Å²) in [4.78, 5) is 27.4. The van der Waals surface area contributed by atoms with E-state index < -0.39 is 0 Å². The molecule has 1 aliphatic heterocycles. The highest BCUT2D eigenvalue weighted by Crippen LogP contribution is 2.33. The summed E-state index contributed by atoms with van der Waals surface area (Å²) in [7, 11) is 0. The van der Waals surface area contributed by atoms with Gasteiger partial charge in [0, 0.05) is 5.69 Å². The number of para-hydroxylation sites is 1. The molecule has 3 aromatic rings. The van der Waals surface area contributed by atoms with E-state index in [4.69, 9.17) is 16.6 Å². The molecule has 6 nitrogen and oxygen atoms in total. The fourth-order valence-electron chi connectivity index (χ4n) is 2.81. The van der Waals surface area contributed by atoms with Crippen LogP contribution in [0.2, 0.25) is 0 Å². The van der Waals surface area contributed by atoms with E-state index in [1.165, 1.54) is 21.3 Å². The third kappa shape index (κ3) is 3.29. The van der Waals surface area contributed by atoms with Crippen molar-refractivity contribution in [1.82, 2.24) is 14.7 Å². The average molecular weight is 397 g/mol. The van der Waals surface area contributed by atoms with Crippen LogP contribution in [0.4, 0.5) is 0 Å². The van der Waals surface area contributed by atoms with Crippen LogP contribution in [0.1, 0.15) is 17.0 Å². The van der Waals surface area contributed by atoms with Crippen molar-refractivity contribution in [1.29, 1.82) is 0 Å². The summed E-state index contributed by atoms with van der Waals surface area (Å²) in [5.41, 5.74) is 1.64. The van der Waals surface area contributed by atoms with Crippen LogP contribution in [0.5, 0.6) is 0 Å². The summed E-state index contributed by atoms with van der Waals surface area (Å²) >= 11 is 6.51.